The van der Waals surface area contributed by atoms with E-state index in [1.165, 1.54) is 10.5 Å². The van der Waals surface area contributed by atoms with Gasteiger partial charge in [0.15, 0.2) is 12.4 Å². The Labute approximate surface area is 188 Å². The van der Waals surface area contributed by atoms with E-state index in [9.17, 15) is 14.4 Å². The van der Waals surface area contributed by atoms with E-state index < -0.39 is 0 Å². The standard InChI is InChI=1S/C25H29N3O4/c1-27-21-15-19(7-9-23(21)32-17-25(27)31)22(29)8-10-24(30)26-20-11-13-28(14-12-20)16-18-5-3-2-4-6-18/h2-7,9,15,20H,8,10-14,16-17H2,1H3,(H,26,30). The highest BCUT2D eigenvalue weighted by molar-refractivity contribution is 6.02. The van der Waals surface area contributed by atoms with Crippen molar-refractivity contribution in [2.24, 2.45) is 0 Å². The summed E-state index contributed by atoms with van der Waals surface area (Å²) < 4.78 is 5.39. The van der Waals surface area contributed by atoms with Gasteiger partial charge < -0.3 is 15.0 Å². The van der Waals surface area contributed by atoms with Crippen molar-refractivity contribution >= 4 is 23.3 Å². The Morgan fingerprint density at radius 3 is 2.56 bits per heavy atom. The number of fused-ring (bicyclic) bond motifs is 1. The summed E-state index contributed by atoms with van der Waals surface area (Å²) in [6, 6.07) is 15.6. The molecule has 7 heteroatoms. The average Bonchev–Trinajstić information content (AvgIpc) is 2.82. The fourth-order valence-corrected chi connectivity index (χ4v) is 4.19. The van der Waals surface area contributed by atoms with Gasteiger partial charge in [-0.25, -0.2) is 0 Å². The molecular weight excluding hydrogens is 406 g/mol. The number of hydrogen-bond acceptors (Lipinski definition) is 5. The minimum atomic E-state index is -0.156. The van der Waals surface area contributed by atoms with Crippen molar-refractivity contribution in [3.63, 3.8) is 0 Å². The molecule has 1 saturated heterocycles. The van der Waals surface area contributed by atoms with E-state index in [0.29, 0.717) is 17.0 Å². The van der Waals surface area contributed by atoms with Gasteiger partial charge in [0.05, 0.1) is 5.69 Å². The third-order valence-electron chi connectivity index (χ3n) is 6.15. The molecule has 0 aliphatic carbocycles. The molecule has 0 spiro atoms. The number of ketones is 1. The normalized spacial score (nSPS) is 16.9. The summed E-state index contributed by atoms with van der Waals surface area (Å²) in [5.74, 6) is 0.219. The summed E-state index contributed by atoms with van der Waals surface area (Å²) in [7, 11) is 1.66. The SMILES string of the molecule is CN1C(=O)COc2ccc(C(=O)CCC(=O)NC3CCN(Cc4ccccc4)CC3)cc21. The summed E-state index contributed by atoms with van der Waals surface area (Å²) >= 11 is 0. The number of carbonyl (C=O) groups excluding carboxylic acids is 3. The van der Waals surface area contributed by atoms with Crippen LogP contribution in [0.4, 0.5) is 5.69 Å². The lowest BCUT2D eigenvalue weighted by atomic mass is 10.0. The van der Waals surface area contributed by atoms with Crippen molar-refractivity contribution in [3.8, 4) is 5.75 Å². The zero-order valence-corrected chi connectivity index (χ0v) is 18.4. The second-order valence-electron chi connectivity index (χ2n) is 8.45. The molecule has 168 valence electrons. The number of nitrogens with one attached hydrogen (secondary N) is 1. The van der Waals surface area contributed by atoms with E-state index in [1.807, 2.05) is 6.07 Å². The molecule has 0 atom stereocenters. The molecule has 4 rings (SSSR count). The molecule has 1 fully saturated rings. The van der Waals surface area contributed by atoms with Crippen LogP contribution in [-0.4, -0.2) is 55.3 Å². The Morgan fingerprint density at radius 1 is 1.06 bits per heavy atom. The first-order valence-corrected chi connectivity index (χ1v) is 11.1. The van der Waals surface area contributed by atoms with Crippen LogP contribution in [0.5, 0.6) is 5.75 Å². The average molecular weight is 436 g/mol. The summed E-state index contributed by atoms with van der Waals surface area (Å²) in [4.78, 5) is 40.7. The van der Waals surface area contributed by atoms with Gasteiger partial charge in [-0.05, 0) is 36.6 Å². The van der Waals surface area contributed by atoms with Crippen LogP contribution in [0.3, 0.4) is 0 Å². The van der Waals surface area contributed by atoms with Crippen LogP contribution in [0.1, 0.15) is 41.6 Å². The van der Waals surface area contributed by atoms with Gasteiger partial charge in [-0.2, -0.15) is 0 Å². The van der Waals surface area contributed by atoms with Crippen LogP contribution in [0, 0.1) is 0 Å². The first-order valence-electron chi connectivity index (χ1n) is 11.1. The Hall–Kier alpha value is -3.19. The predicted octanol–water partition coefficient (Wildman–Crippen LogP) is 2.79. The first kappa shape index (κ1) is 22.0. The number of likely N-dealkylation sites (N-methyl/N-ethyl adjacent to an activating group) is 1. The highest BCUT2D eigenvalue weighted by atomic mass is 16.5. The smallest absolute Gasteiger partial charge is 0.264 e. The lowest BCUT2D eigenvalue weighted by molar-refractivity contribution is -0.122. The van der Waals surface area contributed by atoms with Crippen LogP contribution >= 0.6 is 0 Å². The molecule has 2 aliphatic rings. The molecule has 0 radical (unpaired) electrons. The molecule has 0 unspecified atom stereocenters. The lowest BCUT2D eigenvalue weighted by Gasteiger charge is -2.32. The van der Waals surface area contributed by atoms with E-state index in [2.05, 4.69) is 34.5 Å². The second-order valence-corrected chi connectivity index (χ2v) is 8.45. The predicted molar refractivity (Wildman–Crippen MR) is 122 cm³/mol. The minimum absolute atomic E-state index is 0.00213. The number of benzene rings is 2. The number of likely N-dealkylation sites (tertiary alicyclic amines) is 1. The molecule has 0 aromatic heterocycles. The number of hydrogen-bond donors (Lipinski definition) is 1. The molecule has 2 aromatic carbocycles. The van der Waals surface area contributed by atoms with E-state index in [1.54, 1.807) is 25.2 Å². The van der Waals surface area contributed by atoms with Gasteiger partial charge in [0, 0.05) is 51.1 Å². The zero-order chi connectivity index (χ0) is 22.5. The Kier molecular flexibility index (Phi) is 6.85. The fourth-order valence-electron chi connectivity index (χ4n) is 4.19. The quantitative estimate of drug-likeness (QED) is 0.677. The summed E-state index contributed by atoms with van der Waals surface area (Å²) in [6.07, 6.45) is 2.12. The zero-order valence-electron chi connectivity index (χ0n) is 18.4. The van der Waals surface area contributed by atoms with Crippen molar-refractivity contribution in [1.29, 1.82) is 0 Å². The maximum absolute atomic E-state index is 12.6. The number of carbonyl (C=O) groups is 3. The molecular formula is C25H29N3O4. The van der Waals surface area contributed by atoms with Gasteiger partial charge in [-0.1, -0.05) is 30.3 Å². The molecule has 32 heavy (non-hydrogen) atoms. The maximum Gasteiger partial charge on any atom is 0.264 e. The van der Waals surface area contributed by atoms with E-state index >= 15 is 0 Å². The second kappa shape index (κ2) is 9.96. The monoisotopic (exact) mass is 435 g/mol. The molecule has 2 aromatic rings. The van der Waals surface area contributed by atoms with Crippen LogP contribution in [0.2, 0.25) is 0 Å². The van der Waals surface area contributed by atoms with Gasteiger partial charge in [0.1, 0.15) is 5.75 Å². The lowest BCUT2D eigenvalue weighted by Crippen LogP contribution is -2.44. The van der Waals surface area contributed by atoms with Gasteiger partial charge in [0.25, 0.3) is 5.91 Å². The summed E-state index contributed by atoms with van der Waals surface area (Å²) in [5.41, 5.74) is 2.37. The number of ether oxygens (including phenoxy) is 1. The van der Waals surface area contributed by atoms with Crippen LogP contribution < -0.4 is 15.0 Å². The molecule has 7 nitrogen and oxygen atoms in total. The first-order chi connectivity index (χ1) is 15.5. The van der Waals surface area contributed by atoms with Crippen molar-refractivity contribution in [2.75, 3.05) is 31.6 Å². The van der Waals surface area contributed by atoms with Crippen molar-refractivity contribution in [1.82, 2.24) is 10.2 Å². The largest absolute Gasteiger partial charge is 0.482 e. The number of rotatable bonds is 7. The molecule has 2 heterocycles. The Morgan fingerprint density at radius 2 is 1.81 bits per heavy atom. The third-order valence-corrected chi connectivity index (χ3v) is 6.15. The van der Waals surface area contributed by atoms with Crippen LogP contribution in [-0.2, 0) is 16.1 Å². The van der Waals surface area contributed by atoms with Gasteiger partial charge in [-0.3, -0.25) is 19.3 Å². The van der Waals surface area contributed by atoms with E-state index in [4.69, 9.17) is 4.74 Å². The Balaban J connectivity index is 1.22. The highest BCUT2D eigenvalue weighted by Crippen LogP contribution is 2.32. The number of nitrogens with zero attached hydrogens (tertiary/aromatic N) is 2. The topological polar surface area (TPSA) is 78.9 Å². The van der Waals surface area contributed by atoms with Crippen molar-refractivity contribution in [2.45, 2.75) is 38.3 Å². The van der Waals surface area contributed by atoms with Crippen LogP contribution in [0.15, 0.2) is 48.5 Å². The molecule has 2 amide bonds. The van der Waals surface area contributed by atoms with Gasteiger partial charge in [0.2, 0.25) is 5.91 Å². The number of piperidine rings is 1. The van der Waals surface area contributed by atoms with Gasteiger partial charge in [-0.15, -0.1) is 0 Å². The van der Waals surface area contributed by atoms with E-state index in [-0.39, 0.29) is 43.1 Å². The minimum Gasteiger partial charge on any atom is -0.482 e. The molecule has 1 N–H and O–H groups in total. The fraction of sp³-hybridized carbons (Fsp3) is 0.400. The summed E-state index contributed by atoms with van der Waals surface area (Å²) in [6.45, 7) is 2.83. The Bertz CT molecular complexity index is 984. The molecule has 0 saturated carbocycles. The van der Waals surface area contributed by atoms with Crippen molar-refractivity contribution < 1.29 is 19.1 Å². The summed E-state index contributed by atoms with van der Waals surface area (Å²) in [5, 5.41) is 3.08. The van der Waals surface area contributed by atoms with Crippen molar-refractivity contribution in [3.05, 3.63) is 59.7 Å². The number of amides is 2. The highest BCUT2D eigenvalue weighted by Gasteiger charge is 2.24. The molecule has 2 aliphatic heterocycles. The van der Waals surface area contributed by atoms with Crippen LogP contribution in [0.25, 0.3) is 0 Å². The molecule has 0 bridgehead atoms. The number of anilines is 1. The number of Topliss-reactive ketones (excluding diaryl/α,β-unsaturated/α-hetero) is 1. The van der Waals surface area contributed by atoms with Gasteiger partial charge >= 0.3 is 0 Å². The maximum atomic E-state index is 12.6. The third kappa shape index (κ3) is 5.34. The van der Waals surface area contributed by atoms with E-state index in [0.717, 1.165) is 32.5 Å².